The van der Waals surface area contributed by atoms with E-state index in [9.17, 15) is 4.79 Å². The fraction of sp³-hybridized carbons (Fsp3) is 0.0588. The van der Waals surface area contributed by atoms with Gasteiger partial charge in [0.15, 0.2) is 5.13 Å². The summed E-state index contributed by atoms with van der Waals surface area (Å²) in [6.45, 7) is 0.147. The zero-order valence-corrected chi connectivity index (χ0v) is 13.7. The zero-order valence-electron chi connectivity index (χ0n) is 12.1. The molecular weight excluding hydrogens is 330 g/mol. The molecule has 0 unspecified atom stereocenters. The Labute approximate surface area is 143 Å². The molecule has 0 atom stereocenters. The molecule has 3 rings (SSSR count). The second-order valence-electron chi connectivity index (χ2n) is 4.82. The molecule has 0 aliphatic heterocycles. The highest BCUT2D eigenvalue weighted by atomic mass is 35.5. The van der Waals surface area contributed by atoms with Crippen LogP contribution in [0.2, 0.25) is 5.02 Å². The maximum atomic E-state index is 11.9. The quantitative estimate of drug-likeness (QED) is 0.716. The van der Waals surface area contributed by atoms with Crippen molar-refractivity contribution in [1.29, 1.82) is 0 Å². The number of rotatable bonds is 5. The van der Waals surface area contributed by atoms with Gasteiger partial charge in [0.05, 0.1) is 12.2 Å². The molecule has 4 nitrogen and oxygen atoms in total. The van der Waals surface area contributed by atoms with Crippen LogP contribution in [0.3, 0.4) is 0 Å². The predicted molar refractivity (Wildman–Crippen MR) is 96.1 cm³/mol. The largest absolute Gasteiger partial charge is 0.352 e. The van der Waals surface area contributed by atoms with Crippen LogP contribution in [0.1, 0.15) is 0 Å². The molecule has 2 aromatic carbocycles. The Hall–Kier alpha value is -2.37. The van der Waals surface area contributed by atoms with Crippen LogP contribution >= 0.6 is 22.9 Å². The third kappa shape index (κ3) is 4.31. The summed E-state index contributed by atoms with van der Waals surface area (Å²) in [6.07, 6.45) is 0. The van der Waals surface area contributed by atoms with E-state index in [0.717, 1.165) is 11.3 Å². The number of anilines is 2. The SMILES string of the molecule is O=C(CNc1nc(-c2ccccc2)cs1)Nc1cccc(Cl)c1. The minimum Gasteiger partial charge on any atom is -0.352 e. The monoisotopic (exact) mass is 343 g/mol. The summed E-state index contributed by atoms with van der Waals surface area (Å²) in [6, 6.07) is 17.0. The third-order valence-electron chi connectivity index (χ3n) is 3.08. The Balaban J connectivity index is 1.56. The second-order valence-corrected chi connectivity index (χ2v) is 6.11. The average molecular weight is 344 g/mol. The van der Waals surface area contributed by atoms with Crippen molar-refractivity contribution in [1.82, 2.24) is 4.98 Å². The van der Waals surface area contributed by atoms with E-state index in [1.54, 1.807) is 24.3 Å². The number of benzene rings is 2. The van der Waals surface area contributed by atoms with Gasteiger partial charge in [0.1, 0.15) is 0 Å². The molecule has 0 saturated carbocycles. The highest BCUT2D eigenvalue weighted by molar-refractivity contribution is 7.14. The fourth-order valence-electron chi connectivity index (χ4n) is 2.02. The summed E-state index contributed by atoms with van der Waals surface area (Å²) in [5, 5.41) is 9.08. The van der Waals surface area contributed by atoms with Gasteiger partial charge in [-0.05, 0) is 18.2 Å². The lowest BCUT2D eigenvalue weighted by Crippen LogP contribution is -2.21. The van der Waals surface area contributed by atoms with Gasteiger partial charge < -0.3 is 10.6 Å². The number of nitrogens with one attached hydrogen (secondary N) is 2. The van der Waals surface area contributed by atoms with Gasteiger partial charge in [-0.1, -0.05) is 48.0 Å². The lowest BCUT2D eigenvalue weighted by atomic mass is 10.2. The number of carbonyl (C=O) groups excluding carboxylic acids is 1. The number of amides is 1. The molecule has 3 aromatic rings. The number of halogens is 1. The van der Waals surface area contributed by atoms with Crippen LogP contribution in [-0.2, 0) is 4.79 Å². The van der Waals surface area contributed by atoms with Crippen LogP contribution in [0.5, 0.6) is 0 Å². The zero-order chi connectivity index (χ0) is 16.1. The van der Waals surface area contributed by atoms with Gasteiger partial charge in [0.2, 0.25) is 5.91 Å². The van der Waals surface area contributed by atoms with Crippen LogP contribution in [0.25, 0.3) is 11.3 Å². The molecule has 1 amide bonds. The lowest BCUT2D eigenvalue weighted by molar-refractivity contribution is -0.114. The van der Waals surface area contributed by atoms with Crippen LogP contribution in [0.15, 0.2) is 60.0 Å². The molecule has 116 valence electrons. The van der Waals surface area contributed by atoms with Crippen LogP contribution in [0, 0.1) is 0 Å². The molecule has 0 bridgehead atoms. The summed E-state index contributed by atoms with van der Waals surface area (Å²) in [4.78, 5) is 16.4. The van der Waals surface area contributed by atoms with Crippen molar-refractivity contribution in [3.05, 3.63) is 65.0 Å². The van der Waals surface area contributed by atoms with E-state index in [-0.39, 0.29) is 12.5 Å². The molecule has 6 heteroatoms. The van der Waals surface area contributed by atoms with Crippen molar-refractivity contribution in [2.24, 2.45) is 0 Å². The minimum absolute atomic E-state index is 0.147. The average Bonchev–Trinajstić information content (AvgIpc) is 3.03. The molecule has 2 N–H and O–H groups in total. The predicted octanol–water partition coefficient (Wildman–Crippen LogP) is 4.51. The number of thiazole rings is 1. The Morgan fingerprint density at radius 1 is 1.13 bits per heavy atom. The van der Waals surface area contributed by atoms with Crippen molar-refractivity contribution in [3.8, 4) is 11.3 Å². The van der Waals surface area contributed by atoms with Crippen molar-refractivity contribution >= 4 is 39.7 Å². The molecule has 0 aliphatic rings. The topological polar surface area (TPSA) is 54.0 Å². The number of hydrogen-bond acceptors (Lipinski definition) is 4. The maximum Gasteiger partial charge on any atom is 0.243 e. The Morgan fingerprint density at radius 3 is 2.74 bits per heavy atom. The molecule has 0 fully saturated rings. The molecule has 0 radical (unpaired) electrons. The number of hydrogen-bond donors (Lipinski definition) is 2. The summed E-state index contributed by atoms with van der Waals surface area (Å²) in [5.74, 6) is -0.149. The van der Waals surface area contributed by atoms with Crippen LogP contribution in [-0.4, -0.2) is 17.4 Å². The third-order valence-corrected chi connectivity index (χ3v) is 4.12. The Morgan fingerprint density at radius 2 is 1.96 bits per heavy atom. The number of nitrogens with zero attached hydrogens (tertiary/aromatic N) is 1. The highest BCUT2D eigenvalue weighted by Crippen LogP contribution is 2.24. The Bertz CT molecular complexity index is 804. The van der Waals surface area contributed by atoms with Gasteiger partial charge in [-0.3, -0.25) is 4.79 Å². The van der Waals surface area contributed by atoms with Crippen molar-refractivity contribution in [2.75, 3.05) is 17.2 Å². The highest BCUT2D eigenvalue weighted by Gasteiger charge is 2.06. The lowest BCUT2D eigenvalue weighted by Gasteiger charge is -2.06. The molecule has 23 heavy (non-hydrogen) atoms. The van der Waals surface area contributed by atoms with Gasteiger partial charge in [-0.25, -0.2) is 4.98 Å². The van der Waals surface area contributed by atoms with Crippen LogP contribution in [0.4, 0.5) is 10.8 Å². The van der Waals surface area contributed by atoms with E-state index >= 15 is 0 Å². The van der Waals surface area contributed by atoms with Gasteiger partial charge in [-0.15, -0.1) is 11.3 Å². The molecular formula is C17H14ClN3OS. The smallest absolute Gasteiger partial charge is 0.243 e. The van der Waals surface area contributed by atoms with Gasteiger partial charge >= 0.3 is 0 Å². The van der Waals surface area contributed by atoms with Gasteiger partial charge in [-0.2, -0.15) is 0 Å². The van der Waals surface area contributed by atoms with Gasteiger partial charge in [0, 0.05) is 21.7 Å². The maximum absolute atomic E-state index is 11.9. The fourth-order valence-corrected chi connectivity index (χ4v) is 2.93. The van der Waals surface area contributed by atoms with E-state index in [0.29, 0.717) is 15.8 Å². The summed E-state index contributed by atoms with van der Waals surface area (Å²) >= 11 is 7.36. The Kier molecular flexibility index (Phi) is 4.90. The van der Waals surface area contributed by atoms with Crippen molar-refractivity contribution in [2.45, 2.75) is 0 Å². The van der Waals surface area contributed by atoms with Crippen molar-refractivity contribution < 1.29 is 4.79 Å². The number of aromatic nitrogens is 1. The van der Waals surface area contributed by atoms with E-state index < -0.39 is 0 Å². The van der Waals surface area contributed by atoms with E-state index in [2.05, 4.69) is 15.6 Å². The molecule has 1 aromatic heterocycles. The van der Waals surface area contributed by atoms with E-state index in [1.165, 1.54) is 11.3 Å². The van der Waals surface area contributed by atoms with Crippen LogP contribution < -0.4 is 10.6 Å². The summed E-state index contributed by atoms with van der Waals surface area (Å²) < 4.78 is 0. The summed E-state index contributed by atoms with van der Waals surface area (Å²) in [5.41, 5.74) is 2.63. The first-order valence-corrected chi connectivity index (χ1v) is 8.27. The first-order valence-electron chi connectivity index (χ1n) is 7.01. The van der Waals surface area contributed by atoms with E-state index in [1.807, 2.05) is 35.7 Å². The minimum atomic E-state index is -0.149. The first kappa shape index (κ1) is 15.5. The standard InChI is InChI=1S/C17H14ClN3OS/c18-13-7-4-8-14(9-13)20-16(22)10-19-17-21-15(11-23-17)12-5-2-1-3-6-12/h1-9,11H,10H2,(H,19,21)(H,20,22). The first-order chi connectivity index (χ1) is 11.2. The summed E-state index contributed by atoms with van der Waals surface area (Å²) in [7, 11) is 0. The van der Waals surface area contributed by atoms with Crippen molar-refractivity contribution in [3.63, 3.8) is 0 Å². The van der Waals surface area contributed by atoms with E-state index in [4.69, 9.17) is 11.6 Å². The number of carbonyl (C=O) groups is 1. The molecule has 0 aliphatic carbocycles. The molecule has 0 spiro atoms. The van der Waals surface area contributed by atoms with Gasteiger partial charge in [0.25, 0.3) is 0 Å². The second kappa shape index (κ2) is 7.26. The normalized spacial score (nSPS) is 10.3. The molecule has 1 heterocycles. The molecule has 0 saturated heterocycles.